The second-order valence-electron chi connectivity index (χ2n) is 6.88. The molecule has 1 amide bonds. The van der Waals surface area contributed by atoms with Crippen molar-refractivity contribution in [1.29, 1.82) is 0 Å². The Morgan fingerprint density at radius 3 is 2.58 bits per heavy atom. The van der Waals surface area contributed by atoms with Crippen LogP contribution in [0, 0.1) is 10.1 Å². The van der Waals surface area contributed by atoms with Crippen LogP contribution in [0.3, 0.4) is 0 Å². The molecule has 0 saturated heterocycles. The summed E-state index contributed by atoms with van der Waals surface area (Å²) in [7, 11) is -2.49. The fourth-order valence-corrected chi connectivity index (χ4v) is 4.66. The van der Waals surface area contributed by atoms with E-state index in [1.807, 2.05) is 0 Å². The lowest BCUT2D eigenvalue weighted by Gasteiger charge is -2.23. The van der Waals surface area contributed by atoms with Crippen molar-refractivity contribution in [3.8, 4) is 5.75 Å². The quantitative estimate of drug-likeness (QED) is 0.353. The number of para-hydroxylation sites is 1. The van der Waals surface area contributed by atoms with Gasteiger partial charge >= 0.3 is 5.69 Å². The van der Waals surface area contributed by atoms with Crippen molar-refractivity contribution in [2.24, 2.45) is 0 Å². The Morgan fingerprint density at radius 1 is 1.24 bits per heavy atom. The Balaban J connectivity index is 1.79. The summed E-state index contributed by atoms with van der Waals surface area (Å²) in [6.07, 6.45) is 2.29. The van der Waals surface area contributed by atoms with Gasteiger partial charge in [0, 0.05) is 19.5 Å². The number of aryl methyl sites for hydroxylation is 1. The fourth-order valence-electron chi connectivity index (χ4n) is 3.16. The molecule has 0 aliphatic heterocycles. The van der Waals surface area contributed by atoms with E-state index in [2.05, 4.69) is 10.4 Å². The van der Waals surface area contributed by atoms with E-state index >= 15 is 0 Å². The van der Waals surface area contributed by atoms with Gasteiger partial charge in [-0.3, -0.25) is 23.9 Å². The molecule has 3 rings (SSSR count). The lowest BCUT2D eigenvalue weighted by Crippen LogP contribution is -2.30. The highest BCUT2D eigenvalue weighted by Gasteiger charge is 2.25. The standard InChI is InChI=1S/C21H23N5O6S/c1-3-25(16-7-5-4-6-8-16)33(30,31)18-9-10-20(32-2)19(13-18)23-21(27)11-12-24-15-17(14-22-24)26(28)29/h4-10,13-15H,3,11-12H2,1-2H3,(H,23,27). The minimum Gasteiger partial charge on any atom is -0.495 e. The summed E-state index contributed by atoms with van der Waals surface area (Å²) in [6.45, 7) is 2.06. The third kappa shape index (κ3) is 5.47. The molecule has 0 radical (unpaired) electrons. The summed E-state index contributed by atoms with van der Waals surface area (Å²) in [4.78, 5) is 22.6. The molecule has 0 bridgehead atoms. The van der Waals surface area contributed by atoms with Crippen molar-refractivity contribution >= 4 is 33.0 Å². The van der Waals surface area contributed by atoms with E-state index in [4.69, 9.17) is 4.74 Å². The largest absolute Gasteiger partial charge is 0.495 e. The van der Waals surface area contributed by atoms with Crippen molar-refractivity contribution in [2.45, 2.75) is 24.8 Å². The van der Waals surface area contributed by atoms with Gasteiger partial charge in [-0.05, 0) is 37.3 Å². The summed E-state index contributed by atoms with van der Waals surface area (Å²) >= 11 is 0. The molecule has 1 heterocycles. The van der Waals surface area contributed by atoms with Crippen molar-refractivity contribution in [3.05, 3.63) is 71.0 Å². The Bertz CT molecular complexity index is 1240. The summed E-state index contributed by atoms with van der Waals surface area (Å²) in [5.74, 6) is -0.142. The number of hydrogen-bond donors (Lipinski definition) is 1. The van der Waals surface area contributed by atoms with Gasteiger partial charge in [-0.2, -0.15) is 5.10 Å². The second-order valence-corrected chi connectivity index (χ2v) is 8.75. The van der Waals surface area contributed by atoms with E-state index in [0.717, 1.165) is 6.20 Å². The van der Waals surface area contributed by atoms with Gasteiger partial charge in [-0.1, -0.05) is 18.2 Å². The Hall–Kier alpha value is -3.93. The van der Waals surface area contributed by atoms with Crippen LogP contribution in [0.15, 0.2) is 65.8 Å². The van der Waals surface area contributed by atoms with Crippen LogP contribution in [-0.4, -0.2) is 42.7 Å². The van der Waals surface area contributed by atoms with Gasteiger partial charge in [-0.25, -0.2) is 8.42 Å². The first-order valence-electron chi connectivity index (χ1n) is 9.98. The number of nitro groups is 1. The van der Waals surface area contributed by atoms with Crippen LogP contribution in [0.1, 0.15) is 13.3 Å². The zero-order valence-corrected chi connectivity index (χ0v) is 18.9. The number of methoxy groups -OCH3 is 1. The van der Waals surface area contributed by atoms with Crippen molar-refractivity contribution in [2.75, 3.05) is 23.3 Å². The first-order chi connectivity index (χ1) is 15.8. The van der Waals surface area contributed by atoms with Gasteiger partial charge < -0.3 is 10.1 Å². The number of ether oxygens (including phenoxy) is 1. The number of nitrogens with zero attached hydrogens (tertiary/aromatic N) is 4. The third-order valence-corrected chi connectivity index (χ3v) is 6.66. The van der Waals surface area contributed by atoms with Gasteiger partial charge in [0.2, 0.25) is 5.91 Å². The molecule has 174 valence electrons. The van der Waals surface area contributed by atoms with E-state index in [1.165, 1.54) is 40.5 Å². The molecule has 33 heavy (non-hydrogen) atoms. The molecule has 2 aromatic carbocycles. The zero-order chi connectivity index (χ0) is 24.0. The molecule has 1 N–H and O–H groups in total. The number of sulfonamides is 1. The zero-order valence-electron chi connectivity index (χ0n) is 18.0. The number of hydrogen-bond acceptors (Lipinski definition) is 7. The first-order valence-corrected chi connectivity index (χ1v) is 11.4. The van der Waals surface area contributed by atoms with Crippen LogP contribution in [0.5, 0.6) is 5.75 Å². The van der Waals surface area contributed by atoms with E-state index < -0.39 is 20.9 Å². The molecule has 0 spiro atoms. The lowest BCUT2D eigenvalue weighted by molar-refractivity contribution is -0.385. The average Bonchev–Trinajstić information content (AvgIpc) is 3.28. The molecule has 3 aromatic rings. The molecule has 1 aromatic heterocycles. The van der Waals surface area contributed by atoms with Crippen LogP contribution in [0.4, 0.5) is 17.1 Å². The topological polar surface area (TPSA) is 137 Å². The van der Waals surface area contributed by atoms with E-state index in [1.54, 1.807) is 37.3 Å². The molecule has 0 saturated carbocycles. The maximum absolute atomic E-state index is 13.3. The number of amides is 1. The normalized spacial score (nSPS) is 11.1. The lowest BCUT2D eigenvalue weighted by atomic mass is 10.2. The minimum absolute atomic E-state index is 0.00740. The van der Waals surface area contributed by atoms with E-state index in [9.17, 15) is 23.3 Å². The number of rotatable bonds is 10. The van der Waals surface area contributed by atoms with Crippen LogP contribution in [0.2, 0.25) is 0 Å². The van der Waals surface area contributed by atoms with E-state index in [0.29, 0.717) is 11.4 Å². The highest BCUT2D eigenvalue weighted by molar-refractivity contribution is 7.92. The van der Waals surface area contributed by atoms with Gasteiger partial charge in [-0.15, -0.1) is 0 Å². The number of nitrogens with one attached hydrogen (secondary N) is 1. The van der Waals surface area contributed by atoms with Gasteiger partial charge in [0.1, 0.15) is 18.1 Å². The summed E-state index contributed by atoms with van der Waals surface area (Å²) in [5.41, 5.74) is 0.544. The Kier molecular flexibility index (Phi) is 7.28. The van der Waals surface area contributed by atoms with Gasteiger partial charge in [0.15, 0.2) is 0 Å². The van der Waals surface area contributed by atoms with E-state index in [-0.39, 0.29) is 35.8 Å². The predicted octanol–water partition coefficient (Wildman–Crippen LogP) is 3.04. The highest BCUT2D eigenvalue weighted by Crippen LogP contribution is 2.31. The molecule has 12 heteroatoms. The molecule has 0 aliphatic carbocycles. The number of anilines is 2. The monoisotopic (exact) mass is 473 g/mol. The number of carbonyl (C=O) groups is 1. The summed E-state index contributed by atoms with van der Waals surface area (Å²) in [6, 6.07) is 12.9. The molecular formula is C21H23N5O6S. The maximum atomic E-state index is 13.3. The van der Waals surface area contributed by atoms with Crippen LogP contribution >= 0.6 is 0 Å². The summed E-state index contributed by atoms with van der Waals surface area (Å²) in [5, 5.41) is 17.2. The van der Waals surface area contributed by atoms with Gasteiger partial charge in [0.05, 0.1) is 28.3 Å². The molecule has 0 fully saturated rings. The smallest absolute Gasteiger partial charge is 0.306 e. The molecule has 0 unspecified atom stereocenters. The number of benzene rings is 2. The third-order valence-electron chi connectivity index (χ3n) is 4.76. The Labute approximate surface area is 190 Å². The first kappa shape index (κ1) is 23.7. The molecular weight excluding hydrogens is 450 g/mol. The predicted molar refractivity (Wildman–Crippen MR) is 122 cm³/mol. The van der Waals surface area contributed by atoms with Crippen molar-refractivity contribution in [3.63, 3.8) is 0 Å². The summed E-state index contributed by atoms with van der Waals surface area (Å²) < 4.78 is 34.4. The molecule has 0 aliphatic rings. The maximum Gasteiger partial charge on any atom is 0.306 e. The van der Waals surface area contributed by atoms with Crippen LogP contribution < -0.4 is 14.4 Å². The SMILES string of the molecule is CCN(c1ccccc1)S(=O)(=O)c1ccc(OC)c(NC(=O)CCn2cc([N+](=O)[O-])cn2)c1. The highest BCUT2D eigenvalue weighted by atomic mass is 32.2. The number of carbonyl (C=O) groups excluding carboxylic acids is 1. The van der Waals surface area contributed by atoms with Crippen LogP contribution in [-0.2, 0) is 21.4 Å². The average molecular weight is 474 g/mol. The molecule has 0 atom stereocenters. The fraction of sp³-hybridized carbons (Fsp3) is 0.238. The van der Waals surface area contributed by atoms with Gasteiger partial charge in [0.25, 0.3) is 10.0 Å². The van der Waals surface area contributed by atoms with Crippen molar-refractivity contribution < 1.29 is 22.9 Å². The second kappa shape index (κ2) is 10.1. The minimum atomic E-state index is -3.90. The van der Waals surface area contributed by atoms with Crippen molar-refractivity contribution in [1.82, 2.24) is 9.78 Å². The Morgan fingerprint density at radius 2 is 1.97 bits per heavy atom. The van der Waals surface area contributed by atoms with Crippen LogP contribution in [0.25, 0.3) is 0 Å². The molecule has 11 nitrogen and oxygen atoms in total. The number of aromatic nitrogens is 2.